The van der Waals surface area contributed by atoms with Gasteiger partial charge in [-0.05, 0) is 31.6 Å². The number of nitrogens with one attached hydrogen (secondary N) is 1. The number of hydrogen-bond donors (Lipinski definition) is 2. The lowest BCUT2D eigenvalue weighted by Crippen LogP contribution is -2.46. The van der Waals surface area contributed by atoms with Crippen molar-refractivity contribution < 1.29 is 13.2 Å². The maximum atomic E-state index is 12.1. The predicted octanol–water partition coefficient (Wildman–Crippen LogP) is 1.11. The van der Waals surface area contributed by atoms with Gasteiger partial charge in [-0.2, -0.15) is 0 Å². The van der Waals surface area contributed by atoms with E-state index >= 15 is 0 Å². The first-order chi connectivity index (χ1) is 8.89. The van der Waals surface area contributed by atoms with E-state index in [1.807, 2.05) is 13.8 Å². The molecule has 0 radical (unpaired) electrons. The first-order valence-corrected chi connectivity index (χ1v) is 8.90. The van der Waals surface area contributed by atoms with Crippen LogP contribution >= 0.6 is 12.4 Å². The number of hydrogen-bond acceptors (Lipinski definition) is 4. The van der Waals surface area contributed by atoms with Crippen molar-refractivity contribution in [1.82, 2.24) is 5.32 Å². The molecule has 0 aromatic rings. The summed E-state index contributed by atoms with van der Waals surface area (Å²) < 4.78 is 23.5. The second-order valence-electron chi connectivity index (χ2n) is 5.51. The van der Waals surface area contributed by atoms with Crippen LogP contribution in [-0.2, 0) is 14.6 Å². The molecule has 1 amide bonds. The third-order valence-electron chi connectivity index (χ3n) is 4.11. The molecule has 3 N–H and O–H groups in total. The summed E-state index contributed by atoms with van der Waals surface area (Å²) in [7, 11) is -3.03. The highest BCUT2D eigenvalue weighted by molar-refractivity contribution is 7.91. The Bertz CT molecular complexity index is 396. The minimum atomic E-state index is -3.03. The molecule has 1 fully saturated rings. The minimum absolute atomic E-state index is 0. The van der Waals surface area contributed by atoms with Crippen molar-refractivity contribution in [2.24, 2.45) is 17.1 Å². The molecule has 120 valence electrons. The number of nitrogens with two attached hydrogens (primary N) is 1. The second kappa shape index (κ2) is 8.20. The summed E-state index contributed by atoms with van der Waals surface area (Å²) in [6.07, 6.45) is 3.38. The molecule has 1 aliphatic rings. The van der Waals surface area contributed by atoms with Crippen molar-refractivity contribution >= 4 is 28.2 Å². The molecule has 0 spiro atoms. The van der Waals surface area contributed by atoms with E-state index in [1.165, 1.54) is 0 Å². The Morgan fingerprint density at radius 2 is 1.85 bits per heavy atom. The fourth-order valence-electron chi connectivity index (χ4n) is 2.19. The molecule has 0 aliphatic heterocycles. The number of amides is 1. The van der Waals surface area contributed by atoms with Crippen LogP contribution < -0.4 is 11.1 Å². The highest BCUT2D eigenvalue weighted by atomic mass is 35.5. The third-order valence-corrected chi connectivity index (χ3v) is 5.92. The van der Waals surface area contributed by atoms with Gasteiger partial charge in [-0.25, -0.2) is 8.42 Å². The zero-order valence-corrected chi connectivity index (χ0v) is 14.0. The Labute approximate surface area is 128 Å². The van der Waals surface area contributed by atoms with E-state index in [2.05, 4.69) is 5.32 Å². The average Bonchev–Trinajstić information content (AvgIpc) is 3.15. The fraction of sp³-hybridized carbons (Fsp3) is 0.923. The molecule has 0 aromatic heterocycles. The quantitative estimate of drug-likeness (QED) is 0.664. The molecule has 0 heterocycles. The molecule has 0 saturated heterocycles. The maximum Gasteiger partial charge on any atom is 0.227 e. The lowest BCUT2D eigenvalue weighted by Gasteiger charge is -2.28. The van der Waals surface area contributed by atoms with Crippen LogP contribution in [0, 0.1) is 11.3 Å². The van der Waals surface area contributed by atoms with Gasteiger partial charge in [-0.15, -0.1) is 12.4 Å². The molecule has 0 unspecified atom stereocenters. The van der Waals surface area contributed by atoms with Gasteiger partial charge in [-0.1, -0.05) is 13.8 Å². The Morgan fingerprint density at radius 3 is 2.25 bits per heavy atom. The smallest absolute Gasteiger partial charge is 0.227 e. The van der Waals surface area contributed by atoms with E-state index in [4.69, 9.17) is 5.73 Å². The summed E-state index contributed by atoms with van der Waals surface area (Å²) in [5.74, 6) is 0.534. The van der Waals surface area contributed by atoms with E-state index < -0.39 is 15.3 Å². The molecule has 0 atom stereocenters. The lowest BCUT2D eigenvalue weighted by atomic mass is 9.81. The van der Waals surface area contributed by atoms with Gasteiger partial charge in [0.1, 0.15) is 0 Å². The van der Waals surface area contributed by atoms with Crippen LogP contribution in [0.25, 0.3) is 0 Å². The van der Waals surface area contributed by atoms with E-state index in [0.717, 1.165) is 12.8 Å². The van der Waals surface area contributed by atoms with Gasteiger partial charge in [0.2, 0.25) is 5.91 Å². The van der Waals surface area contributed by atoms with Gasteiger partial charge in [0.05, 0.1) is 16.9 Å². The van der Waals surface area contributed by atoms with Crippen LogP contribution in [0.15, 0.2) is 0 Å². The van der Waals surface area contributed by atoms with E-state index in [9.17, 15) is 13.2 Å². The molecular formula is C13H27ClN2O3S. The van der Waals surface area contributed by atoms with Gasteiger partial charge in [0.15, 0.2) is 9.84 Å². The summed E-state index contributed by atoms with van der Waals surface area (Å²) in [6, 6.07) is 0. The van der Waals surface area contributed by atoms with Crippen molar-refractivity contribution in [2.45, 2.75) is 39.5 Å². The highest BCUT2D eigenvalue weighted by Crippen LogP contribution is 2.30. The average molecular weight is 327 g/mol. The van der Waals surface area contributed by atoms with Gasteiger partial charge in [0.25, 0.3) is 0 Å². The summed E-state index contributed by atoms with van der Waals surface area (Å²) in [6.45, 7) is 4.34. The molecule has 20 heavy (non-hydrogen) atoms. The SMILES string of the molecule is CCC(CC)(CN)C(=O)NCCS(=O)(=O)CC1CC1.Cl. The van der Waals surface area contributed by atoms with Gasteiger partial charge in [-0.3, -0.25) is 4.79 Å². The molecule has 1 rings (SSSR count). The number of sulfone groups is 1. The summed E-state index contributed by atoms with van der Waals surface area (Å²) in [5.41, 5.74) is 5.13. The monoisotopic (exact) mass is 326 g/mol. The van der Waals surface area contributed by atoms with Crippen molar-refractivity contribution in [3.63, 3.8) is 0 Å². The Balaban J connectivity index is 0.00000361. The van der Waals surface area contributed by atoms with Crippen LogP contribution in [-0.4, -0.2) is 38.9 Å². The highest BCUT2D eigenvalue weighted by Gasteiger charge is 2.33. The Kier molecular flexibility index (Phi) is 8.06. The number of halogens is 1. The topological polar surface area (TPSA) is 89.3 Å². The van der Waals surface area contributed by atoms with Crippen LogP contribution in [0.5, 0.6) is 0 Å². The first-order valence-electron chi connectivity index (χ1n) is 7.08. The number of carbonyl (C=O) groups excluding carboxylic acids is 1. The Morgan fingerprint density at radius 1 is 1.30 bits per heavy atom. The van der Waals surface area contributed by atoms with Gasteiger partial charge in [0, 0.05) is 13.1 Å². The fourth-order valence-corrected chi connectivity index (χ4v) is 3.82. The molecular weight excluding hydrogens is 300 g/mol. The number of rotatable bonds is 9. The van der Waals surface area contributed by atoms with Crippen LogP contribution in [0.3, 0.4) is 0 Å². The summed E-state index contributed by atoms with van der Waals surface area (Å²) in [5, 5.41) is 2.73. The third kappa shape index (κ3) is 5.58. The van der Waals surface area contributed by atoms with Crippen LogP contribution in [0.4, 0.5) is 0 Å². The molecule has 0 bridgehead atoms. The van der Waals surface area contributed by atoms with Crippen molar-refractivity contribution in [3.05, 3.63) is 0 Å². The van der Waals surface area contributed by atoms with Gasteiger partial charge < -0.3 is 11.1 Å². The zero-order valence-electron chi connectivity index (χ0n) is 12.4. The zero-order chi connectivity index (χ0) is 14.5. The molecule has 0 aromatic carbocycles. The molecule has 1 aliphatic carbocycles. The van der Waals surface area contributed by atoms with Crippen molar-refractivity contribution in [1.29, 1.82) is 0 Å². The van der Waals surface area contributed by atoms with Crippen LogP contribution in [0.2, 0.25) is 0 Å². The van der Waals surface area contributed by atoms with Crippen LogP contribution in [0.1, 0.15) is 39.5 Å². The molecule has 1 saturated carbocycles. The standard InChI is InChI=1S/C13H26N2O3S.ClH/c1-3-13(4-2,10-14)12(16)15-7-8-19(17,18)9-11-5-6-11;/h11H,3-10,14H2,1-2H3,(H,15,16);1H. The van der Waals surface area contributed by atoms with E-state index in [-0.39, 0.29) is 36.4 Å². The largest absolute Gasteiger partial charge is 0.355 e. The second-order valence-corrected chi connectivity index (χ2v) is 7.73. The first kappa shape index (κ1) is 19.7. The van der Waals surface area contributed by atoms with Crippen molar-refractivity contribution in [2.75, 3.05) is 24.6 Å². The lowest BCUT2D eigenvalue weighted by molar-refractivity contribution is -0.130. The minimum Gasteiger partial charge on any atom is -0.355 e. The molecule has 7 heteroatoms. The molecule has 5 nitrogen and oxygen atoms in total. The van der Waals surface area contributed by atoms with Crippen molar-refractivity contribution in [3.8, 4) is 0 Å². The summed E-state index contributed by atoms with van der Waals surface area (Å²) in [4.78, 5) is 12.1. The summed E-state index contributed by atoms with van der Waals surface area (Å²) >= 11 is 0. The number of carbonyl (C=O) groups is 1. The normalized spacial score (nSPS) is 15.6. The van der Waals surface area contributed by atoms with E-state index in [0.29, 0.717) is 25.3 Å². The van der Waals surface area contributed by atoms with E-state index in [1.54, 1.807) is 0 Å². The Hall–Kier alpha value is -0.330. The predicted molar refractivity (Wildman–Crippen MR) is 83.7 cm³/mol. The van der Waals surface area contributed by atoms with Gasteiger partial charge >= 0.3 is 0 Å². The maximum absolute atomic E-state index is 12.1.